The molecule has 1 unspecified atom stereocenters. The summed E-state index contributed by atoms with van der Waals surface area (Å²) in [6.45, 7) is 6.74. The molecule has 0 aliphatic heterocycles. The van der Waals surface area contributed by atoms with Crippen molar-refractivity contribution in [3.05, 3.63) is 0 Å². The van der Waals surface area contributed by atoms with Gasteiger partial charge < -0.3 is 0 Å². The molecule has 0 N–H and O–H groups in total. The van der Waals surface area contributed by atoms with Gasteiger partial charge in [-0.2, -0.15) is 0 Å². The first kappa shape index (κ1) is 29.6. The third-order valence-electron chi connectivity index (χ3n) is 6.73. The summed E-state index contributed by atoms with van der Waals surface area (Å²) >= 11 is 0. The lowest BCUT2D eigenvalue weighted by Crippen LogP contribution is -1.95. The SMILES string of the molecule is CC#CCCCCCCCCCCCC(C)CCCCCCCCCCCCCC. The zero-order valence-corrected chi connectivity index (χ0v) is 21.5. The van der Waals surface area contributed by atoms with Crippen LogP contribution in [0.5, 0.6) is 0 Å². The van der Waals surface area contributed by atoms with Crippen molar-refractivity contribution in [2.24, 2.45) is 5.92 Å². The Hall–Kier alpha value is -0.440. The Balaban J connectivity index is 3.15. The van der Waals surface area contributed by atoms with E-state index in [1.165, 1.54) is 148 Å². The van der Waals surface area contributed by atoms with Crippen molar-refractivity contribution in [1.29, 1.82) is 0 Å². The molecule has 0 radical (unpaired) electrons. The van der Waals surface area contributed by atoms with E-state index in [4.69, 9.17) is 0 Å². The van der Waals surface area contributed by atoms with Gasteiger partial charge in [0.1, 0.15) is 0 Å². The largest absolute Gasteiger partial charge is 0.107 e. The molecule has 178 valence electrons. The molecule has 0 aliphatic carbocycles. The molecule has 0 heterocycles. The van der Waals surface area contributed by atoms with Crippen LogP contribution in [-0.2, 0) is 0 Å². The lowest BCUT2D eigenvalue weighted by Gasteiger charge is -2.11. The molecule has 0 rings (SSSR count). The van der Waals surface area contributed by atoms with Crippen LogP contribution in [0.1, 0.15) is 175 Å². The van der Waals surface area contributed by atoms with Crippen molar-refractivity contribution in [2.75, 3.05) is 0 Å². The fourth-order valence-electron chi connectivity index (χ4n) is 4.55. The standard InChI is InChI=1S/C30H58/c1-4-6-8-10-12-14-16-18-20-22-24-26-28-30(3)29-27-25-23-21-19-17-15-13-11-9-7-5-2/h30H,4,6,8-29H2,1-3H3. The van der Waals surface area contributed by atoms with Crippen molar-refractivity contribution < 1.29 is 0 Å². The van der Waals surface area contributed by atoms with Gasteiger partial charge in [0.05, 0.1) is 0 Å². The van der Waals surface area contributed by atoms with Crippen molar-refractivity contribution >= 4 is 0 Å². The van der Waals surface area contributed by atoms with Crippen LogP contribution < -0.4 is 0 Å². The van der Waals surface area contributed by atoms with E-state index >= 15 is 0 Å². The molecule has 1 atom stereocenters. The Kier molecular flexibility index (Phi) is 26.2. The molecule has 0 fully saturated rings. The minimum atomic E-state index is 0.958. The van der Waals surface area contributed by atoms with Gasteiger partial charge in [-0.25, -0.2) is 0 Å². The second-order valence-electron chi connectivity index (χ2n) is 9.93. The van der Waals surface area contributed by atoms with E-state index < -0.39 is 0 Å². The average Bonchev–Trinajstić information content (AvgIpc) is 2.75. The second-order valence-corrected chi connectivity index (χ2v) is 9.93. The molecule has 0 amide bonds. The molecular weight excluding hydrogens is 360 g/mol. The van der Waals surface area contributed by atoms with Crippen LogP contribution in [-0.4, -0.2) is 0 Å². The van der Waals surface area contributed by atoms with Crippen molar-refractivity contribution in [1.82, 2.24) is 0 Å². The monoisotopic (exact) mass is 418 g/mol. The number of unbranched alkanes of at least 4 members (excludes halogenated alkanes) is 20. The number of hydrogen-bond donors (Lipinski definition) is 0. The van der Waals surface area contributed by atoms with Crippen LogP contribution in [0.2, 0.25) is 0 Å². The van der Waals surface area contributed by atoms with Gasteiger partial charge in [-0.3, -0.25) is 0 Å². The molecule has 0 saturated carbocycles. The predicted molar refractivity (Wildman–Crippen MR) is 139 cm³/mol. The number of hydrogen-bond acceptors (Lipinski definition) is 0. The molecule has 0 aromatic rings. The van der Waals surface area contributed by atoms with Crippen LogP contribution in [0.3, 0.4) is 0 Å². The third-order valence-corrected chi connectivity index (χ3v) is 6.73. The summed E-state index contributed by atoms with van der Waals surface area (Å²) in [5, 5.41) is 0. The van der Waals surface area contributed by atoms with E-state index in [0.29, 0.717) is 0 Å². The van der Waals surface area contributed by atoms with E-state index in [1.807, 2.05) is 6.92 Å². The molecule has 0 spiro atoms. The van der Waals surface area contributed by atoms with E-state index in [0.717, 1.165) is 12.3 Å². The highest BCUT2D eigenvalue weighted by Crippen LogP contribution is 2.19. The predicted octanol–water partition coefficient (Wildman–Crippen LogP) is 11.0. The summed E-state index contributed by atoms with van der Waals surface area (Å²) in [5.41, 5.74) is 0. The zero-order chi connectivity index (χ0) is 22.0. The Morgan fingerprint density at radius 2 is 0.800 bits per heavy atom. The van der Waals surface area contributed by atoms with Crippen LogP contribution in [0.25, 0.3) is 0 Å². The van der Waals surface area contributed by atoms with Crippen LogP contribution in [0.15, 0.2) is 0 Å². The highest BCUT2D eigenvalue weighted by Gasteiger charge is 2.02. The van der Waals surface area contributed by atoms with Gasteiger partial charge in [-0.05, 0) is 19.3 Å². The molecule has 0 aromatic carbocycles. The molecule has 0 saturated heterocycles. The Morgan fingerprint density at radius 1 is 0.467 bits per heavy atom. The van der Waals surface area contributed by atoms with Gasteiger partial charge in [-0.1, -0.05) is 155 Å². The highest BCUT2D eigenvalue weighted by atomic mass is 14.1. The fourth-order valence-corrected chi connectivity index (χ4v) is 4.55. The lowest BCUT2D eigenvalue weighted by atomic mass is 9.95. The second kappa shape index (κ2) is 26.6. The van der Waals surface area contributed by atoms with Crippen molar-refractivity contribution in [3.8, 4) is 11.8 Å². The average molecular weight is 419 g/mol. The Labute approximate surface area is 192 Å². The van der Waals surface area contributed by atoms with Crippen LogP contribution in [0, 0.1) is 17.8 Å². The van der Waals surface area contributed by atoms with Crippen LogP contribution in [0.4, 0.5) is 0 Å². The third kappa shape index (κ3) is 25.6. The van der Waals surface area contributed by atoms with Gasteiger partial charge >= 0.3 is 0 Å². The smallest absolute Gasteiger partial charge is 0.00885 e. The van der Waals surface area contributed by atoms with Crippen molar-refractivity contribution in [2.45, 2.75) is 175 Å². The Bertz CT molecular complexity index is 358. The van der Waals surface area contributed by atoms with E-state index in [-0.39, 0.29) is 0 Å². The molecule has 30 heavy (non-hydrogen) atoms. The summed E-state index contributed by atoms with van der Waals surface area (Å²) in [6.07, 6.45) is 34.5. The van der Waals surface area contributed by atoms with Crippen LogP contribution >= 0.6 is 0 Å². The quantitative estimate of drug-likeness (QED) is 0.108. The van der Waals surface area contributed by atoms with Gasteiger partial charge in [0.15, 0.2) is 0 Å². The maximum Gasteiger partial charge on any atom is 0.00885 e. The first-order valence-corrected chi connectivity index (χ1v) is 14.2. The summed E-state index contributed by atoms with van der Waals surface area (Å²) in [6, 6.07) is 0. The van der Waals surface area contributed by atoms with E-state index in [1.54, 1.807) is 0 Å². The molecule has 0 nitrogen and oxygen atoms in total. The zero-order valence-electron chi connectivity index (χ0n) is 21.5. The topological polar surface area (TPSA) is 0 Å². The maximum atomic E-state index is 3.17. The summed E-state index contributed by atoms with van der Waals surface area (Å²) < 4.78 is 0. The first-order valence-electron chi connectivity index (χ1n) is 14.2. The van der Waals surface area contributed by atoms with Crippen molar-refractivity contribution in [3.63, 3.8) is 0 Å². The highest BCUT2D eigenvalue weighted by molar-refractivity contribution is 4.94. The van der Waals surface area contributed by atoms with E-state index in [2.05, 4.69) is 25.7 Å². The molecule has 0 aromatic heterocycles. The minimum absolute atomic E-state index is 0.958. The normalized spacial score (nSPS) is 12.0. The molecular formula is C30H58. The molecule has 0 aliphatic rings. The Morgan fingerprint density at radius 3 is 1.17 bits per heavy atom. The first-order chi connectivity index (χ1) is 14.8. The summed E-state index contributed by atoms with van der Waals surface area (Å²) in [4.78, 5) is 0. The lowest BCUT2D eigenvalue weighted by molar-refractivity contribution is 0.430. The summed E-state index contributed by atoms with van der Waals surface area (Å²) in [5.74, 6) is 7.11. The van der Waals surface area contributed by atoms with Gasteiger partial charge in [0.25, 0.3) is 0 Å². The number of rotatable bonds is 24. The van der Waals surface area contributed by atoms with Gasteiger partial charge in [0, 0.05) is 6.42 Å². The molecule has 0 bridgehead atoms. The minimum Gasteiger partial charge on any atom is -0.107 e. The maximum absolute atomic E-state index is 3.17. The van der Waals surface area contributed by atoms with E-state index in [9.17, 15) is 0 Å². The van der Waals surface area contributed by atoms with Gasteiger partial charge in [-0.15, -0.1) is 11.8 Å². The van der Waals surface area contributed by atoms with Gasteiger partial charge in [0.2, 0.25) is 0 Å². The fraction of sp³-hybridized carbons (Fsp3) is 0.933. The summed E-state index contributed by atoms with van der Waals surface area (Å²) in [7, 11) is 0. The molecule has 0 heteroatoms.